The Labute approximate surface area is 128 Å². The molecule has 0 saturated heterocycles. The second kappa shape index (κ2) is 5.37. The molecule has 4 heteroatoms. The van der Waals surface area contributed by atoms with Crippen LogP contribution >= 0.6 is 11.3 Å². The summed E-state index contributed by atoms with van der Waals surface area (Å²) in [6.07, 6.45) is 0. The van der Waals surface area contributed by atoms with E-state index < -0.39 is 0 Å². The van der Waals surface area contributed by atoms with Gasteiger partial charge in [-0.1, -0.05) is 0 Å². The number of aromatic nitrogens is 1. The molecule has 0 aliphatic carbocycles. The first-order chi connectivity index (χ1) is 10.0. The molecule has 1 atom stereocenters. The van der Waals surface area contributed by atoms with Crippen LogP contribution in [0.25, 0.3) is 10.9 Å². The summed E-state index contributed by atoms with van der Waals surface area (Å²) >= 11 is 1.83. The molecule has 0 aliphatic rings. The van der Waals surface area contributed by atoms with Crippen molar-refractivity contribution in [3.63, 3.8) is 0 Å². The maximum Gasteiger partial charge on any atom is 0.0727 e. The molecular weight excluding hydrogens is 278 g/mol. The Balaban J connectivity index is 2.01. The maximum atomic E-state index is 5.92. The number of thiophene rings is 1. The van der Waals surface area contributed by atoms with Gasteiger partial charge in [0.15, 0.2) is 0 Å². The number of nitrogens with two attached hydrogens (primary N) is 1. The Hall–Kier alpha value is -2.07. The van der Waals surface area contributed by atoms with Gasteiger partial charge in [-0.15, -0.1) is 11.3 Å². The topological polar surface area (TPSA) is 50.9 Å². The molecule has 108 valence electrons. The van der Waals surface area contributed by atoms with Crippen molar-refractivity contribution in [3.05, 3.63) is 51.8 Å². The molecule has 1 aromatic carbocycles. The zero-order valence-electron chi connectivity index (χ0n) is 12.5. The van der Waals surface area contributed by atoms with Crippen molar-refractivity contribution in [2.45, 2.75) is 26.8 Å². The fraction of sp³-hybridized carbons (Fsp3) is 0.235. The average Bonchev–Trinajstić information content (AvgIpc) is 2.86. The number of pyridine rings is 1. The Kier molecular flexibility index (Phi) is 3.55. The van der Waals surface area contributed by atoms with Gasteiger partial charge in [-0.2, -0.15) is 0 Å². The van der Waals surface area contributed by atoms with Gasteiger partial charge in [-0.05, 0) is 57.2 Å². The molecule has 0 saturated carbocycles. The van der Waals surface area contributed by atoms with Crippen LogP contribution < -0.4 is 11.1 Å². The lowest BCUT2D eigenvalue weighted by atomic mass is 10.1. The number of rotatable bonds is 3. The highest BCUT2D eigenvalue weighted by atomic mass is 32.1. The normalized spacial score (nSPS) is 12.5. The minimum absolute atomic E-state index is 0.259. The van der Waals surface area contributed by atoms with Crippen molar-refractivity contribution < 1.29 is 0 Å². The van der Waals surface area contributed by atoms with Crippen molar-refractivity contribution in [2.24, 2.45) is 0 Å². The van der Waals surface area contributed by atoms with Crippen LogP contribution in [0.4, 0.5) is 11.4 Å². The Morgan fingerprint density at radius 1 is 1.14 bits per heavy atom. The number of benzene rings is 1. The van der Waals surface area contributed by atoms with E-state index in [-0.39, 0.29) is 6.04 Å². The molecule has 3 N–H and O–H groups in total. The Morgan fingerprint density at radius 2 is 1.95 bits per heavy atom. The van der Waals surface area contributed by atoms with Crippen LogP contribution in [0.15, 0.2) is 36.4 Å². The summed E-state index contributed by atoms with van der Waals surface area (Å²) in [6.45, 7) is 6.33. The molecule has 0 amide bonds. The number of nitrogens with one attached hydrogen (secondary N) is 1. The molecule has 3 aromatic rings. The quantitative estimate of drug-likeness (QED) is 0.691. The second-order valence-corrected chi connectivity index (χ2v) is 6.72. The molecule has 3 nitrogen and oxygen atoms in total. The van der Waals surface area contributed by atoms with Gasteiger partial charge in [0.05, 0.1) is 11.6 Å². The third-order valence-electron chi connectivity index (χ3n) is 3.52. The highest BCUT2D eigenvalue weighted by Gasteiger charge is 2.11. The van der Waals surface area contributed by atoms with Crippen LogP contribution in [0.2, 0.25) is 0 Å². The molecule has 3 rings (SSSR count). The number of nitrogens with zero attached hydrogens (tertiary/aromatic N) is 1. The van der Waals surface area contributed by atoms with E-state index in [1.807, 2.05) is 36.5 Å². The van der Waals surface area contributed by atoms with Crippen LogP contribution in [0.1, 0.15) is 28.4 Å². The summed E-state index contributed by atoms with van der Waals surface area (Å²) < 4.78 is 0. The Morgan fingerprint density at radius 3 is 2.67 bits per heavy atom. The van der Waals surface area contributed by atoms with Gasteiger partial charge in [0, 0.05) is 32.2 Å². The van der Waals surface area contributed by atoms with Gasteiger partial charge in [-0.25, -0.2) is 0 Å². The van der Waals surface area contributed by atoms with Crippen molar-refractivity contribution in [1.82, 2.24) is 4.98 Å². The minimum atomic E-state index is 0.259. The first-order valence-corrected chi connectivity index (χ1v) is 7.84. The zero-order valence-corrected chi connectivity index (χ0v) is 13.3. The van der Waals surface area contributed by atoms with Gasteiger partial charge in [0.2, 0.25) is 0 Å². The fourth-order valence-corrected chi connectivity index (χ4v) is 3.37. The number of hydrogen-bond donors (Lipinski definition) is 2. The van der Waals surface area contributed by atoms with E-state index in [0.29, 0.717) is 0 Å². The Bertz CT molecular complexity index is 792. The van der Waals surface area contributed by atoms with Crippen LogP contribution in [0.3, 0.4) is 0 Å². The van der Waals surface area contributed by atoms with Gasteiger partial charge in [0.1, 0.15) is 0 Å². The summed E-state index contributed by atoms with van der Waals surface area (Å²) in [7, 11) is 0. The van der Waals surface area contributed by atoms with E-state index in [2.05, 4.69) is 42.3 Å². The highest BCUT2D eigenvalue weighted by Crippen LogP contribution is 2.30. The smallest absolute Gasteiger partial charge is 0.0727 e. The SMILES string of the molecule is Cc1cc(NC(C)c2ccc(C)s2)c2cc(N)ccc2n1. The van der Waals surface area contributed by atoms with Crippen LogP contribution in [-0.2, 0) is 0 Å². The van der Waals surface area contributed by atoms with Crippen LogP contribution in [0.5, 0.6) is 0 Å². The standard InChI is InChI=1S/C17H19N3S/c1-10-8-16(14-9-13(18)5-6-15(14)19-10)20-12(3)17-7-4-11(2)21-17/h4-9,12H,18H2,1-3H3,(H,19,20). The molecule has 0 aliphatic heterocycles. The molecular formula is C17H19N3S. The van der Waals surface area contributed by atoms with Crippen molar-refractivity contribution >= 4 is 33.6 Å². The lowest BCUT2D eigenvalue weighted by Crippen LogP contribution is -2.06. The van der Waals surface area contributed by atoms with E-state index in [1.165, 1.54) is 9.75 Å². The monoisotopic (exact) mass is 297 g/mol. The van der Waals surface area contributed by atoms with Gasteiger partial charge < -0.3 is 11.1 Å². The number of anilines is 2. The van der Waals surface area contributed by atoms with Crippen molar-refractivity contribution in [1.29, 1.82) is 0 Å². The number of aryl methyl sites for hydroxylation is 2. The molecule has 21 heavy (non-hydrogen) atoms. The van der Waals surface area contributed by atoms with Crippen molar-refractivity contribution in [2.75, 3.05) is 11.1 Å². The summed E-state index contributed by atoms with van der Waals surface area (Å²) in [6, 6.07) is 12.5. The third kappa shape index (κ3) is 2.85. The third-order valence-corrected chi connectivity index (χ3v) is 4.70. The minimum Gasteiger partial charge on any atom is -0.399 e. The highest BCUT2D eigenvalue weighted by molar-refractivity contribution is 7.12. The molecule has 2 aromatic heterocycles. The summed E-state index contributed by atoms with van der Waals surface area (Å²) in [5, 5.41) is 4.67. The number of hydrogen-bond acceptors (Lipinski definition) is 4. The zero-order chi connectivity index (χ0) is 15.0. The van der Waals surface area contributed by atoms with E-state index in [4.69, 9.17) is 5.73 Å². The van der Waals surface area contributed by atoms with Gasteiger partial charge in [-0.3, -0.25) is 4.98 Å². The summed E-state index contributed by atoms with van der Waals surface area (Å²) in [4.78, 5) is 7.23. The van der Waals surface area contributed by atoms with Crippen LogP contribution in [0, 0.1) is 13.8 Å². The molecule has 0 spiro atoms. The first kappa shape index (κ1) is 13.9. The lowest BCUT2D eigenvalue weighted by molar-refractivity contribution is 0.909. The second-order valence-electron chi connectivity index (χ2n) is 5.40. The van der Waals surface area contributed by atoms with Crippen molar-refractivity contribution in [3.8, 4) is 0 Å². The summed E-state index contributed by atoms with van der Waals surface area (Å²) in [5.41, 5.74) is 9.75. The first-order valence-electron chi connectivity index (χ1n) is 7.02. The van der Waals surface area contributed by atoms with Gasteiger partial charge >= 0.3 is 0 Å². The van der Waals surface area contributed by atoms with E-state index in [0.717, 1.165) is 28.0 Å². The number of nitrogen functional groups attached to an aromatic ring is 1. The predicted molar refractivity (Wildman–Crippen MR) is 92.0 cm³/mol. The average molecular weight is 297 g/mol. The van der Waals surface area contributed by atoms with E-state index >= 15 is 0 Å². The molecule has 0 fully saturated rings. The molecule has 0 bridgehead atoms. The fourth-order valence-electron chi connectivity index (χ4n) is 2.49. The lowest BCUT2D eigenvalue weighted by Gasteiger charge is -2.16. The maximum absolute atomic E-state index is 5.92. The van der Waals surface area contributed by atoms with Gasteiger partial charge in [0.25, 0.3) is 0 Å². The molecule has 0 radical (unpaired) electrons. The largest absolute Gasteiger partial charge is 0.399 e. The summed E-state index contributed by atoms with van der Waals surface area (Å²) in [5.74, 6) is 0. The number of fused-ring (bicyclic) bond motifs is 1. The van der Waals surface area contributed by atoms with E-state index in [1.54, 1.807) is 0 Å². The molecule has 2 heterocycles. The predicted octanol–water partition coefficient (Wildman–Crippen LogP) is 4.67. The van der Waals surface area contributed by atoms with Crippen LogP contribution in [-0.4, -0.2) is 4.98 Å². The molecule has 1 unspecified atom stereocenters. The van der Waals surface area contributed by atoms with E-state index in [9.17, 15) is 0 Å².